The highest BCUT2D eigenvalue weighted by atomic mass is 79.9. The van der Waals surface area contributed by atoms with E-state index in [1.165, 1.54) is 21.8 Å². The molecule has 0 aliphatic carbocycles. The van der Waals surface area contributed by atoms with E-state index in [-0.39, 0.29) is 0 Å². The molecule has 1 aromatic heterocycles. The van der Waals surface area contributed by atoms with Gasteiger partial charge in [-0.15, -0.1) is 0 Å². The van der Waals surface area contributed by atoms with Crippen molar-refractivity contribution in [3.05, 3.63) is 46.9 Å². The minimum atomic E-state index is 0.465. The second kappa shape index (κ2) is 3.88. The zero-order chi connectivity index (χ0) is 12.0. The highest BCUT2D eigenvalue weighted by Gasteiger charge is 2.11. The molecule has 0 fully saturated rings. The zero-order valence-corrected chi connectivity index (χ0v) is 11.5. The molecule has 1 nitrogen and oxygen atoms in total. The van der Waals surface area contributed by atoms with E-state index in [0.717, 1.165) is 4.47 Å². The van der Waals surface area contributed by atoms with Crippen molar-refractivity contribution in [2.24, 2.45) is 0 Å². The molecule has 0 amide bonds. The third-order valence-corrected chi connectivity index (χ3v) is 3.68. The van der Waals surface area contributed by atoms with Crippen molar-refractivity contribution in [3.8, 4) is 0 Å². The summed E-state index contributed by atoms with van der Waals surface area (Å²) in [6.07, 6.45) is 0. The van der Waals surface area contributed by atoms with Crippen LogP contribution in [0.15, 0.2) is 46.9 Å². The van der Waals surface area contributed by atoms with E-state index in [1.54, 1.807) is 0 Å². The molecule has 0 saturated heterocycles. The van der Waals surface area contributed by atoms with Crippen molar-refractivity contribution in [2.45, 2.75) is 19.9 Å². The molecule has 0 aliphatic heterocycles. The van der Waals surface area contributed by atoms with Crippen LogP contribution in [0, 0.1) is 0 Å². The van der Waals surface area contributed by atoms with Gasteiger partial charge < -0.3 is 4.57 Å². The first-order valence-electron chi connectivity index (χ1n) is 5.86. The molecule has 17 heavy (non-hydrogen) atoms. The minimum Gasteiger partial charge on any atom is -0.338 e. The van der Waals surface area contributed by atoms with Gasteiger partial charge in [-0.25, -0.2) is 0 Å². The van der Waals surface area contributed by atoms with Gasteiger partial charge in [-0.2, -0.15) is 0 Å². The zero-order valence-electron chi connectivity index (χ0n) is 9.94. The van der Waals surface area contributed by atoms with Crippen molar-refractivity contribution in [3.63, 3.8) is 0 Å². The van der Waals surface area contributed by atoms with E-state index in [9.17, 15) is 0 Å². The van der Waals surface area contributed by atoms with Gasteiger partial charge in [-0.3, -0.25) is 0 Å². The smallest absolute Gasteiger partial charge is 0.0505 e. The Morgan fingerprint density at radius 3 is 2.41 bits per heavy atom. The Balaban J connectivity index is 2.57. The lowest BCUT2D eigenvalue weighted by Gasteiger charge is -2.11. The number of aromatic nitrogens is 1. The maximum atomic E-state index is 3.56. The largest absolute Gasteiger partial charge is 0.338 e. The second-order valence-corrected chi connectivity index (χ2v) is 5.56. The van der Waals surface area contributed by atoms with Crippen LogP contribution >= 0.6 is 15.9 Å². The van der Waals surface area contributed by atoms with Crippen LogP contribution in [-0.2, 0) is 0 Å². The molecule has 0 N–H and O–H groups in total. The van der Waals surface area contributed by atoms with Gasteiger partial charge in [0.2, 0.25) is 0 Å². The average Bonchev–Trinajstić information content (AvgIpc) is 2.62. The number of hydrogen-bond donors (Lipinski definition) is 0. The van der Waals surface area contributed by atoms with E-state index < -0.39 is 0 Å². The molecule has 86 valence electrons. The normalized spacial score (nSPS) is 11.8. The minimum absolute atomic E-state index is 0.465. The molecule has 0 aliphatic rings. The summed E-state index contributed by atoms with van der Waals surface area (Å²) in [5, 5.41) is 2.67. The van der Waals surface area contributed by atoms with Gasteiger partial charge in [0.1, 0.15) is 0 Å². The Hall–Kier alpha value is -1.28. The van der Waals surface area contributed by atoms with E-state index in [2.05, 4.69) is 76.8 Å². The number of para-hydroxylation sites is 1. The van der Waals surface area contributed by atoms with Gasteiger partial charge in [0.25, 0.3) is 0 Å². The first-order chi connectivity index (χ1) is 8.18. The maximum Gasteiger partial charge on any atom is 0.0505 e. The van der Waals surface area contributed by atoms with Crippen LogP contribution in [0.3, 0.4) is 0 Å². The topological polar surface area (TPSA) is 4.93 Å². The van der Waals surface area contributed by atoms with Crippen molar-refractivity contribution < 1.29 is 0 Å². The first kappa shape index (κ1) is 10.8. The molecule has 0 bridgehead atoms. The van der Waals surface area contributed by atoms with E-state index >= 15 is 0 Å². The second-order valence-electron chi connectivity index (χ2n) is 4.64. The van der Waals surface area contributed by atoms with Crippen LogP contribution in [0.4, 0.5) is 0 Å². The van der Waals surface area contributed by atoms with Crippen molar-refractivity contribution in [1.29, 1.82) is 0 Å². The summed E-state index contributed by atoms with van der Waals surface area (Å²) in [7, 11) is 0. The number of hydrogen-bond acceptors (Lipinski definition) is 0. The molecule has 0 unspecified atom stereocenters. The molecule has 0 spiro atoms. The molecule has 1 heterocycles. The van der Waals surface area contributed by atoms with Crippen LogP contribution in [0.2, 0.25) is 0 Å². The Kier molecular flexibility index (Phi) is 2.48. The number of nitrogens with zero attached hydrogens (tertiary/aromatic N) is 1. The van der Waals surface area contributed by atoms with Gasteiger partial charge in [0.05, 0.1) is 5.52 Å². The predicted molar refractivity (Wildman–Crippen MR) is 77.5 cm³/mol. The predicted octanol–water partition coefficient (Wildman–Crippen LogP) is 5.14. The summed E-state index contributed by atoms with van der Waals surface area (Å²) < 4.78 is 3.53. The highest BCUT2D eigenvalue weighted by Crippen LogP contribution is 2.33. The summed E-state index contributed by atoms with van der Waals surface area (Å²) in [5.41, 5.74) is 2.62. The van der Waals surface area contributed by atoms with Crippen molar-refractivity contribution in [1.82, 2.24) is 4.57 Å². The van der Waals surface area contributed by atoms with Crippen LogP contribution < -0.4 is 0 Å². The fraction of sp³-hybridized carbons (Fsp3) is 0.200. The molecule has 0 saturated carbocycles. The van der Waals surface area contributed by atoms with Gasteiger partial charge in [-0.05, 0) is 32.0 Å². The quantitative estimate of drug-likeness (QED) is 0.584. The summed E-state index contributed by atoms with van der Waals surface area (Å²) in [6.45, 7) is 4.46. The highest BCUT2D eigenvalue weighted by molar-refractivity contribution is 9.10. The van der Waals surface area contributed by atoms with Gasteiger partial charge in [0.15, 0.2) is 0 Å². The van der Waals surface area contributed by atoms with Crippen LogP contribution in [0.25, 0.3) is 21.8 Å². The standard InChI is InChI=1S/C15H14BrN/c1-10(2)17-14-6-4-3-5-12(14)13-8-7-11(16)9-15(13)17/h3-10H,1-2H3. The summed E-state index contributed by atoms with van der Waals surface area (Å²) in [5.74, 6) is 0. The molecule has 3 rings (SSSR count). The number of benzene rings is 2. The molecular weight excluding hydrogens is 274 g/mol. The molecule has 0 radical (unpaired) electrons. The fourth-order valence-corrected chi connectivity index (χ4v) is 2.88. The van der Waals surface area contributed by atoms with Crippen molar-refractivity contribution >= 4 is 37.7 Å². The summed E-state index contributed by atoms with van der Waals surface area (Å²) in [4.78, 5) is 0. The van der Waals surface area contributed by atoms with E-state index in [1.807, 2.05) is 0 Å². The molecule has 0 atom stereocenters. The van der Waals surface area contributed by atoms with E-state index in [0.29, 0.717) is 6.04 Å². The summed E-state index contributed by atoms with van der Waals surface area (Å²) >= 11 is 3.56. The van der Waals surface area contributed by atoms with Crippen LogP contribution in [0.5, 0.6) is 0 Å². The SMILES string of the molecule is CC(C)n1c2ccccc2c2ccc(Br)cc21. The Morgan fingerprint density at radius 2 is 1.65 bits per heavy atom. The van der Waals surface area contributed by atoms with Gasteiger partial charge >= 0.3 is 0 Å². The van der Waals surface area contributed by atoms with Crippen LogP contribution in [-0.4, -0.2) is 4.57 Å². The third-order valence-electron chi connectivity index (χ3n) is 3.19. The lowest BCUT2D eigenvalue weighted by molar-refractivity contribution is 0.642. The molecule has 3 aromatic rings. The average molecular weight is 288 g/mol. The Morgan fingerprint density at radius 1 is 0.941 bits per heavy atom. The maximum absolute atomic E-state index is 3.56. The Labute approximate surface area is 109 Å². The molecule has 2 heteroatoms. The van der Waals surface area contributed by atoms with Crippen molar-refractivity contribution in [2.75, 3.05) is 0 Å². The monoisotopic (exact) mass is 287 g/mol. The van der Waals surface area contributed by atoms with E-state index in [4.69, 9.17) is 0 Å². The molecular formula is C15H14BrN. The van der Waals surface area contributed by atoms with Crippen LogP contribution in [0.1, 0.15) is 19.9 Å². The lowest BCUT2D eigenvalue weighted by Crippen LogP contribution is -1.99. The first-order valence-corrected chi connectivity index (χ1v) is 6.66. The lowest BCUT2D eigenvalue weighted by atomic mass is 10.2. The number of fused-ring (bicyclic) bond motifs is 3. The number of halogens is 1. The third kappa shape index (κ3) is 1.59. The van der Waals surface area contributed by atoms with Gasteiger partial charge in [-0.1, -0.05) is 40.2 Å². The molecule has 2 aromatic carbocycles. The number of rotatable bonds is 1. The summed E-state index contributed by atoms with van der Waals surface area (Å²) in [6, 6.07) is 15.6. The van der Waals surface area contributed by atoms with Gasteiger partial charge in [0, 0.05) is 26.8 Å². The Bertz CT molecular complexity index is 695. The fourth-order valence-electron chi connectivity index (χ4n) is 2.53.